The lowest BCUT2D eigenvalue weighted by Gasteiger charge is -2.17. The zero-order valence-corrected chi connectivity index (χ0v) is 15.6. The number of ketones is 1. The number of nitrogens with zero attached hydrogens (tertiary/aromatic N) is 1. The van der Waals surface area contributed by atoms with E-state index in [0.29, 0.717) is 0 Å². The smallest absolute Gasteiger partial charge is 0.167 e. The van der Waals surface area contributed by atoms with E-state index in [1.807, 2.05) is 42.5 Å². The molecule has 0 aromatic heterocycles. The summed E-state index contributed by atoms with van der Waals surface area (Å²) in [5, 5.41) is 0. The van der Waals surface area contributed by atoms with Gasteiger partial charge in [-0.15, -0.1) is 0 Å². The Bertz CT molecular complexity index is 764. The lowest BCUT2D eigenvalue weighted by atomic mass is 10.1. The predicted octanol–water partition coefficient (Wildman–Crippen LogP) is 4.91. The number of hydrogen-bond acceptors (Lipinski definition) is 4. The minimum absolute atomic E-state index is 0.223. The van der Waals surface area contributed by atoms with E-state index >= 15 is 0 Å². The number of carbonyl (C=O) groups excluding carboxylic acids is 1. The van der Waals surface area contributed by atoms with Crippen LogP contribution in [0.3, 0.4) is 0 Å². The van der Waals surface area contributed by atoms with Gasteiger partial charge >= 0.3 is 0 Å². The van der Waals surface area contributed by atoms with Gasteiger partial charge in [-0.3, -0.25) is 4.79 Å². The molecule has 2 aliphatic rings. The molecule has 3 nitrogen and oxygen atoms in total. The number of rotatable bonds is 3. The number of carbonyl (C=O) groups is 1. The number of Topliss-reactive ketones (excluding diaryl/α,β-unsaturated/α-hetero) is 1. The molecule has 25 heavy (non-hydrogen) atoms. The molecule has 1 fully saturated rings. The van der Waals surface area contributed by atoms with Crippen LogP contribution in [0.1, 0.15) is 26.7 Å². The largest absolute Gasteiger partial charge is 0.399 e. The average Bonchev–Trinajstić information content (AvgIpc) is 3.39. The summed E-state index contributed by atoms with van der Waals surface area (Å²) in [4.78, 5) is 14.5. The Labute approximate surface area is 153 Å². The van der Waals surface area contributed by atoms with Gasteiger partial charge in [-0.2, -0.15) is 0 Å². The van der Waals surface area contributed by atoms with Crippen LogP contribution in [0.25, 0.3) is 11.1 Å². The Morgan fingerprint density at radius 3 is 2.16 bits per heavy atom. The molecule has 0 unspecified atom stereocenters. The Hall–Kier alpha value is -2.20. The summed E-state index contributed by atoms with van der Waals surface area (Å²) in [7, 11) is 0. The summed E-state index contributed by atoms with van der Waals surface area (Å²) in [5.41, 5.74) is 10.0. The number of allylic oxidation sites excluding steroid dienone is 2. The van der Waals surface area contributed by atoms with Gasteiger partial charge in [0.1, 0.15) is 0 Å². The zero-order chi connectivity index (χ0) is 17.8. The van der Waals surface area contributed by atoms with Crippen LogP contribution in [-0.4, -0.2) is 22.6 Å². The maximum atomic E-state index is 11.1. The fraction of sp³-hybridized carbons (Fsp3) is 0.286. The number of nitrogens with two attached hydrogens (primary N) is 1. The Morgan fingerprint density at radius 1 is 1.04 bits per heavy atom. The van der Waals surface area contributed by atoms with Gasteiger partial charge in [0.2, 0.25) is 0 Å². The number of benzene rings is 2. The number of thioether (sulfide) groups is 1. The lowest BCUT2D eigenvalue weighted by molar-refractivity contribution is -0.113. The van der Waals surface area contributed by atoms with Gasteiger partial charge < -0.3 is 10.6 Å². The SMILES string of the molecule is CC(=O)C1=C(C)N(C2CC2)CS1.Nc1ccc(-c2ccccc2)cc1. The molecule has 130 valence electrons. The van der Waals surface area contributed by atoms with Crippen molar-refractivity contribution in [2.75, 3.05) is 11.6 Å². The standard InChI is InChI=1S/C12H11N.C9H13NOS/c13-12-8-6-11(7-9-12)10-4-2-1-3-5-10;1-6-9(7(2)11)12-5-10(6)8-3-4-8/h1-9H,13H2;8H,3-5H2,1-2H3. The maximum Gasteiger partial charge on any atom is 0.167 e. The monoisotopic (exact) mass is 352 g/mol. The van der Waals surface area contributed by atoms with E-state index < -0.39 is 0 Å². The summed E-state index contributed by atoms with van der Waals surface area (Å²) in [6.07, 6.45) is 2.62. The quantitative estimate of drug-likeness (QED) is 0.797. The van der Waals surface area contributed by atoms with Crippen LogP contribution in [0, 0.1) is 0 Å². The van der Waals surface area contributed by atoms with Crippen LogP contribution in [0.4, 0.5) is 5.69 Å². The van der Waals surface area contributed by atoms with Gasteiger partial charge in [-0.05, 0) is 49.9 Å². The number of hydrogen-bond donors (Lipinski definition) is 1. The first-order valence-electron chi connectivity index (χ1n) is 8.58. The second kappa shape index (κ2) is 7.79. The lowest BCUT2D eigenvalue weighted by Crippen LogP contribution is -2.19. The first-order chi connectivity index (χ1) is 12.1. The molecule has 0 radical (unpaired) electrons. The van der Waals surface area contributed by atoms with Crippen LogP contribution < -0.4 is 5.73 Å². The van der Waals surface area contributed by atoms with E-state index in [4.69, 9.17) is 5.73 Å². The highest BCUT2D eigenvalue weighted by molar-refractivity contribution is 8.04. The van der Waals surface area contributed by atoms with Crippen molar-refractivity contribution >= 4 is 23.2 Å². The van der Waals surface area contributed by atoms with Crippen molar-refractivity contribution in [2.45, 2.75) is 32.7 Å². The molecule has 1 saturated carbocycles. The topological polar surface area (TPSA) is 46.3 Å². The highest BCUT2D eigenvalue weighted by Crippen LogP contribution is 2.40. The van der Waals surface area contributed by atoms with Gasteiger partial charge in [-0.25, -0.2) is 0 Å². The maximum absolute atomic E-state index is 11.1. The molecule has 4 heteroatoms. The molecule has 2 aromatic rings. The summed E-state index contributed by atoms with van der Waals surface area (Å²) in [6, 6.07) is 18.9. The third-order valence-corrected chi connectivity index (χ3v) is 5.71. The molecule has 0 saturated heterocycles. The second-order valence-electron chi connectivity index (χ2n) is 6.43. The van der Waals surface area contributed by atoms with Crippen LogP contribution >= 0.6 is 11.8 Å². The molecule has 0 atom stereocenters. The van der Waals surface area contributed by atoms with E-state index in [1.54, 1.807) is 18.7 Å². The fourth-order valence-electron chi connectivity index (χ4n) is 2.89. The molecular formula is C21H24N2OS. The van der Waals surface area contributed by atoms with Gasteiger partial charge in [0.15, 0.2) is 5.78 Å². The highest BCUT2D eigenvalue weighted by Gasteiger charge is 2.34. The molecule has 1 aliphatic heterocycles. The van der Waals surface area contributed by atoms with Crippen molar-refractivity contribution in [3.8, 4) is 11.1 Å². The normalized spacial score (nSPS) is 16.5. The van der Waals surface area contributed by atoms with Gasteiger partial charge in [0, 0.05) is 17.4 Å². The van der Waals surface area contributed by atoms with Crippen molar-refractivity contribution in [1.82, 2.24) is 4.90 Å². The van der Waals surface area contributed by atoms with Crippen molar-refractivity contribution in [1.29, 1.82) is 0 Å². The minimum Gasteiger partial charge on any atom is -0.399 e. The Morgan fingerprint density at radius 2 is 1.64 bits per heavy atom. The molecule has 0 amide bonds. The van der Waals surface area contributed by atoms with Crippen molar-refractivity contribution in [2.24, 2.45) is 0 Å². The van der Waals surface area contributed by atoms with E-state index in [0.717, 1.165) is 22.5 Å². The minimum atomic E-state index is 0.223. The molecule has 2 N–H and O–H groups in total. The molecule has 0 bridgehead atoms. The molecule has 1 heterocycles. The summed E-state index contributed by atoms with van der Waals surface area (Å²) in [6.45, 7) is 3.72. The van der Waals surface area contributed by atoms with Crippen molar-refractivity contribution in [3.63, 3.8) is 0 Å². The summed E-state index contributed by atoms with van der Waals surface area (Å²) >= 11 is 1.69. The molecule has 0 spiro atoms. The molecule has 4 rings (SSSR count). The van der Waals surface area contributed by atoms with E-state index in [1.165, 1.54) is 29.7 Å². The highest BCUT2D eigenvalue weighted by atomic mass is 32.2. The van der Waals surface area contributed by atoms with Crippen LogP contribution in [-0.2, 0) is 4.79 Å². The molecule has 2 aromatic carbocycles. The molecular weight excluding hydrogens is 328 g/mol. The summed E-state index contributed by atoms with van der Waals surface area (Å²) in [5.74, 6) is 1.21. The first kappa shape index (κ1) is 17.6. The third-order valence-electron chi connectivity index (χ3n) is 4.43. The van der Waals surface area contributed by atoms with Crippen LogP contribution in [0.5, 0.6) is 0 Å². The van der Waals surface area contributed by atoms with E-state index in [9.17, 15) is 4.79 Å². The van der Waals surface area contributed by atoms with Crippen molar-refractivity contribution < 1.29 is 4.79 Å². The van der Waals surface area contributed by atoms with Crippen LogP contribution in [0.15, 0.2) is 65.2 Å². The van der Waals surface area contributed by atoms with Crippen molar-refractivity contribution in [3.05, 3.63) is 65.2 Å². The number of nitrogen functional groups attached to an aromatic ring is 1. The zero-order valence-electron chi connectivity index (χ0n) is 14.7. The average molecular weight is 353 g/mol. The Balaban J connectivity index is 0.000000146. The second-order valence-corrected chi connectivity index (χ2v) is 7.39. The first-order valence-corrected chi connectivity index (χ1v) is 9.57. The Kier molecular flexibility index (Phi) is 5.49. The van der Waals surface area contributed by atoms with E-state index in [2.05, 4.69) is 24.0 Å². The fourth-order valence-corrected chi connectivity index (χ4v) is 4.10. The third kappa shape index (κ3) is 4.45. The summed E-state index contributed by atoms with van der Waals surface area (Å²) < 4.78 is 0. The van der Waals surface area contributed by atoms with E-state index in [-0.39, 0.29) is 5.78 Å². The predicted molar refractivity (Wildman–Crippen MR) is 107 cm³/mol. The molecule has 1 aliphatic carbocycles. The van der Waals surface area contributed by atoms with Gasteiger partial charge in [-0.1, -0.05) is 54.2 Å². The van der Waals surface area contributed by atoms with Gasteiger partial charge in [0.05, 0.1) is 10.8 Å². The van der Waals surface area contributed by atoms with Gasteiger partial charge in [0.25, 0.3) is 0 Å². The number of anilines is 1. The van der Waals surface area contributed by atoms with Crippen LogP contribution in [0.2, 0.25) is 0 Å².